The van der Waals surface area contributed by atoms with Crippen LogP contribution in [0.2, 0.25) is 0 Å². The summed E-state index contributed by atoms with van der Waals surface area (Å²) in [5.74, 6) is -0.877. The summed E-state index contributed by atoms with van der Waals surface area (Å²) in [4.78, 5) is 11.3. The molecule has 1 aromatic carbocycles. The summed E-state index contributed by atoms with van der Waals surface area (Å²) >= 11 is 2.98. The van der Waals surface area contributed by atoms with E-state index in [0.717, 1.165) is 6.07 Å². The summed E-state index contributed by atoms with van der Waals surface area (Å²) in [6.07, 6.45) is -4.75. The van der Waals surface area contributed by atoms with Gasteiger partial charge in [0.15, 0.2) is 0 Å². The minimum atomic E-state index is -4.75. The third kappa shape index (κ3) is 6.07. The molecular weight excluding hydrogens is 355 g/mol. The highest BCUT2D eigenvalue weighted by Gasteiger charge is 2.31. The first-order valence-corrected chi connectivity index (χ1v) is 6.66. The molecule has 0 amide bonds. The van der Waals surface area contributed by atoms with Crippen LogP contribution in [-0.4, -0.2) is 25.5 Å². The van der Waals surface area contributed by atoms with E-state index in [-0.39, 0.29) is 28.9 Å². The second-order valence-electron chi connectivity index (χ2n) is 3.87. The molecule has 8 heteroatoms. The number of alkyl halides is 3. The largest absolute Gasteiger partial charge is 0.573 e. The molecular formula is C13H13BrF3NO3. The minimum absolute atomic E-state index is 0.116. The third-order valence-corrected chi connectivity index (χ3v) is 2.85. The molecule has 21 heavy (non-hydrogen) atoms. The molecule has 1 N–H and O–H groups in total. The fraction of sp³-hybridized carbons (Fsp3) is 0.308. The van der Waals surface area contributed by atoms with Gasteiger partial charge in [0.05, 0.1) is 11.1 Å². The van der Waals surface area contributed by atoms with Crippen LogP contribution < -0.4 is 10.1 Å². The van der Waals surface area contributed by atoms with Gasteiger partial charge in [-0.25, -0.2) is 4.79 Å². The summed E-state index contributed by atoms with van der Waals surface area (Å²) in [7, 11) is 0. The van der Waals surface area contributed by atoms with Gasteiger partial charge in [0.1, 0.15) is 5.75 Å². The number of ether oxygens (including phenoxy) is 2. The van der Waals surface area contributed by atoms with Crippen LogP contribution in [0, 0.1) is 0 Å². The van der Waals surface area contributed by atoms with Crippen molar-refractivity contribution >= 4 is 27.6 Å². The fourth-order valence-corrected chi connectivity index (χ4v) is 1.79. The van der Waals surface area contributed by atoms with Gasteiger partial charge in [-0.1, -0.05) is 6.58 Å². The van der Waals surface area contributed by atoms with E-state index in [2.05, 4.69) is 32.6 Å². The van der Waals surface area contributed by atoms with Gasteiger partial charge in [-0.2, -0.15) is 0 Å². The van der Waals surface area contributed by atoms with E-state index in [0.29, 0.717) is 5.69 Å². The lowest BCUT2D eigenvalue weighted by molar-refractivity contribution is -0.274. The topological polar surface area (TPSA) is 47.6 Å². The summed E-state index contributed by atoms with van der Waals surface area (Å²) in [5, 5.41) is 2.85. The monoisotopic (exact) mass is 367 g/mol. The van der Waals surface area contributed by atoms with Gasteiger partial charge in [-0.05, 0) is 41.1 Å². The number of hydrogen-bond acceptors (Lipinski definition) is 4. The second kappa shape index (κ2) is 7.35. The Kier molecular flexibility index (Phi) is 6.07. The predicted octanol–water partition coefficient (Wildman–Crippen LogP) is 3.88. The van der Waals surface area contributed by atoms with Gasteiger partial charge in [-0.15, -0.1) is 13.2 Å². The first-order chi connectivity index (χ1) is 9.73. The molecule has 4 nitrogen and oxygen atoms in total. The van der Waals surface area contributed by atoms with Gasteiger partial charge in [0.2, 0.25) is 0 Å². The average Bonchev–Trinajstić information content (AvgIpc) is 2.37. The van der Waals surface area contributed by atoms with Crippen LogP contribution in [0.5, 0.6) is 5.75 Å². The number of benzene rings is 1. The second-order valence-corrected chi connectivity index (χ2v) is 4.72. The molecule has 1 aromatic rings. The van der Waals surface area contributed by atoms with Crippen LogP contribution in [0.3, 0.4) is 0 Å². The van der Waals surface area contributed by atoms with Crippen molar-refractivity contribution in [2.24, 2.45) is 0 Å². The molecule has 0 bridgehead atoms. The van der Waals surface area contributed by atoms with Crippen molar-refractivity contribution in [3.8, 4) is 5.75 Å². The number of halogens is 4. The molecule has 0 saturated heterocycles. The quantitative estimate of drug-likeness (QED) is 0.612. The zero-order chi connectivity index (χ0) is 16.0. The van der Waals surface area contributed by atoms with E-state index in [9.17, 15) is 18.0 Å². The van der Waals surface area contributed by atoms with Crippen molar-refractivity contribution < 1.29 is 27.4 Å². The molecule has 0 atom stereocenters. The number of hydrogen-bond donors (Lipinski definition) is 1. The van der Waals surface area contributed by atoms with Crippen molar-refractivity contribution in [3.05, 3.63) is 34.8 Å². The van der Waals surface area contributed by atoms with Gasteiger partial charge in [0.25, 0.3) is 0 Å². The first-order valence-electron chi connectivity index (χ1n) is 5.87. The Labute approximate surface area is 128 Å². The van der Waals surface area contributed by atoms with Gasteiger partial charge in [0, 0.05) is 17.8 Å². The highest BCUT2D eigenvalue weighted by Crippen LogP contribution is 2.32. The summed E-state index contributed by atoms with van der Waals surface area (Å²) < 4.78 is 45.1. The smallest absolute Gasteiger partial charge is 0.463 e. The van der Waals surface area contributed by atoms with E-state index in [1.54, 1.807) is 6.92 Å². The fourth-order valence-electron chi connectivity index (χ4n) is 1.33. The van der Waals surface area contributed by atoms with E-state index in [4.69, 9.17) is 4.74 Å². The molecule has 116 valence electrons. The maximum atomic E-state index is 12.1. The molecule has 0 radical (unpaired) electrons. The highest BCUT2D eigenvalue weighted by atomic mass is 79.9. The van der Waals surface area contributed by atoms with E-state index in [1.807, 2.05) is 0 Å². The van der Waals surface area contributed by atoms with Crippen LogP contribution in [-0.2, 0) is 9.53 Å². The minimum Gasteiger partial charge on any atom is -0.463 e. The van der Waals surface area contributed by atoms with Crippen molar-refractivity contribution in [1.82, 2.24) is 0 Å². The van der Waals surface area contributed by atoms with Crippen LogP contribution in [0.25, 0.3) is 0 Å². The summed E-state index contributed by atoms with van der Waals surface area (Å²) in [5.41, 5.74) is 0.713. The molecule has 0 saturated carbocycles. The molecule has 1 rings (SSSR count). The molecule has 0 spiro atoms. The first kappa shape index (κ1) is 17.4. The van der Waals surface area contributed by atoms with Crippen molar-refractivity contribution in [2.75, 3.05) is 18.5 Å². The normalized spacial score (nSPS) is 10.9. The molecule has 0 aliphatic heterocycles. The number of carbonyl (C=O) groups is 1. The number of anilines is 1. The zero-order valence-electron chi connectivity index (χ0n) is 11.1. The van der Waals surface area contributed by atoms with E-state index < -0.39 is 12.3 Å². The number of carbonyl (C=O) groups excluding carboxylic acids is 1. The molecule has 0 aliphatic carbocycles. The van der Waals surface area contributed by atoms with Crippen molar-refractivity contribution in [3.63, 3.8) is 0 Å². The maximum Gasteiger partial charge on any atom is 0.573 e. The van der Waals surface area contributed by atoms with Crippen molar-refractivity contribution in [1.29, 1.82) is 0 Å². The lowest BCUT2D eigenvalue weighted by Gasteiger charge is -2.13. The van der Waals surface area contributed by atoms with Gasteiger partial charge in [-0.3, -0.25) is 0 Å². The van der Waals surface area contributed by atoms with Crippen LogP contribution >= 0.6 is 15.9 Å². The number of nitrogens with one attached hydrogen (secondary N) is 1. The van der Waals surface area contributed by atoms with Gasteiger partial charge >= 0.3 is 12.3 Å². The van der Waals surface area contributed by atoms with Crippen LogP contribution in [0.4, 0.5) is 18.9 Å². The maximum absolute atomic E-state index is 12.1. The van der Waals surface area contributed by atoms with Crippen LogP contribution in [0.15, 0.2) is 34.8 Å². The molecule has 0 heterocycles. The molecule has 0 aromatic heterocycles. The standard InChI is InChI=1S/C13H13BrF3NO3/c1-3-20-12(19)8(2)7-18-9-4-5-11(10(14)6-9)21-13(15,16)17/h4-6,18H,2-3,7H2,1H3. The highest BCUT2D eigenvalue weighted by molar-refractivity contribution is 9.10. The lowest BCUT2D eigenvalue weighted by atomic mass is 10.2. The van der Waals surface area contributed by atoms with Crippen molar-refractivity contribution in [2.45, 2.75) is 13.3 Å². The summed E-state index contributed by atoms with van der Waals surface area (Å²) in [6, 6.07) is 3.96. The van der Waals surface area contributed by atoms with E-state index in [1.165, 1.54) is 12.1 Å². The number of esters is 1. The SMILES string of the molecule is C=C(CNc1ccc(OC(F)(F)F)c(Br)c1)C(=O)OCC. The molecule has 0 aliphatic rings. The molecule has 0 fully saturated rings. The van der Waals surface area contributed by atoms with Crippen LogP contribution in [0.1, 0.15) is 6.92 Å². The average molecular weight is 368 g/mol. The Balaban J connectivity index is 2.64. The zero-order valence-corrected chi connectivity index (χ0v) is 12.7. The third-order valence-electron chi connectivity index (χ3n) is 2.23. The molecule has 0 unspecified atom stereocenters. The number of rotatable bonds is 6. The lowest BCUT2D eigenvalue weighted by Crippen LogP contribution is -2.17. The van der Waals surface area contributed by atoms with Gasteiger partial charge < -0.3 is 14.8 Å². The Morgan fingerprint density at radius 2 is 2.10 bits per heavy atom. The summed E-state index contributed by atoms with van der Waals surface area (Å²) in [6.45, 7) is 5.59. The Morgan fingerprint density at radius 3 is 2.62 bits per heavy atom. The Hall–Kier alpha value is -1.70. The Morgan fingerprint density at radius 1 is 1.43 bits per heavy atom. The van der Waals surface area contributed by atoms with E-state index >= 15 is 0 Å². The predicted molar refractivity (Wildman–Crippen MR) is 75.1 cm³/mol. The Bertz CT molecular complexity index is 532.